The third-order valence-electron chi connectivity index (χ3n) is 1.90. The van der Waals surface area contributed by atoms with Crippen LogP contribution in [0, 0.1) is 19.3 Å². The van der Waals surface area contributed by atoms with Gasteiger partial charge in [-0.2, -0.15) is 0 Å². The number of ether oxygens (including phenoxy) is 1. The van der Waals surface area contributed by atoms with Crippen molar-refractivity contribution in [3.8, 4) is 12.3 Å². The molecule has 0 N–H and O–H groups in total. The Morgan fingerprint density at radius 1 is 1.67 bits per heavy atom. The van der Waals surface area contributed by atoms with E-state index in [1.54, 1.807) is 6.92 Å². The minimum Gasteiger partial charge on any atom is -0.449 e. The lowest BCUT2D eigenvalue weighted by Crippen LogP contribution is -2.09. The Hall–Kier alpha value is -1.76. The fourth-order valence-electron chi connectivity index (χ4n) is 1.21. The summed E-state index contributed by atoms with van der Waals surface area (Å²) < 4.78 is 9.89. The van der Waals surface area contributed by atoms with Crippen molar-refractivity contribution in [3.63, 3.8) is 0 Å². The molecule has 15 heavy (non-hydrogen) atoms. The molecule has 0 bridgehead atoms. The van der Waals surface area contributed by atoms with Gasteiger partial charge in [-0.15, -0.1) is 6.42 Å². The monoisotopic (exact) mass is 207 g/mol. The van der Waals surface area contributed by atoms with E-state index in [1.165, 1.54) is 0 Å². The third kappa shape index (κ3) is 2.38. The van der Waals surface area contributed by atoms with Crippen molar-refractivity contribution >= 4 is 5.97 Å². The Labute approximate surface area is 88.6 Å². The quantitative estimate of drug-likeness (QED) is 0.561. The molecule has 1 aromatic heterocycles. The zero-order chi connectivity index (χ0) is 11.4. The van der Waals surface area contributed by atoms with Crippen LogP contribution in [0.5, 0.6) is 0 Å². The number of nitrogens with zero attached hydrogens (tertiary/aromatic N) is 1. The van der Waals surface area contributed by atoms with Gasteiger partial charge in [0.15, 0.2) is 12.4 Å². The first-order valence-electron chi connectivity index (χ1n) is 4.64. The van der Waals surface area contributed by atoms with Gasteiger partial charge in [0.05, 0.1) is 5.69 Å². The Balaban J connectivity index is 2.97. The maximum atomic E-state index is 11.6. The Morgan fingerprint density at radius 2 is 2.33 bits per heavy atom. The average Bonchev–Trinajstić information content (AvgIpc) is 2.56. The second-order valence-corrected chi connectivity index (χ2v) is 3.44. The highest BCUT2D eigenvalue weighted by Gasteiger charge is 2.23. The van der Waals surface area contributed by atoms with E-state index >= 15 is 0 Å². The average molecular weight is 207 g/mol. The van der Waals surface area contributed by atoms with Crippen molar-refractivity contribution in [1.82, 2.24) is 5.16 Å². The van der Waals surface area contributed by atoms with Crippen LogP contribution in [0.15, 0.2) is 4.52 Å². The van der Waals surface area contributed by atoms with Crippen molar-refractivity contribution in [2.24, 2.45) is 0 Å². The van der Waals surface area contributed by atoms with Crippen LogP contribution in [0.1, 0.15) is 41.6 Å². The molecule has 0 aromatic carbocycles. The molecule has 0 atom stereocenters. The molecular weight excluding hydrogens is 194 g/mol. The molecule has 1 heterocycles. The summed E-state index contributed by atoms with van der Waals surface area (Å²) >= 11 is 0. The summed E-state index contributed by atoms with van der Waals surface area (Å²) in [6.45, 7) is 5.48. The lowest BCUT2D eigenvalue weighted by atomic mass is 10.1. The smallest absolute Gasteiger partial charge is 0.344 e. The van der Waals surface area contributed by atoms with E-state index < -0.39 is 5.97 Å². The standard InChI is InChI=1S/C11H13NO3/c1-5-6-14-11(13)9-8(4)12-15-10(9)7(2)3/h1,7H,6H2,2-4H3. The van der Waals surface area contributed by atoms with Gasteiger partial charge in [-0.1, -0.05) is 24.9 Å². The van der Waals surface area contributed by atoms with Crippen molar-refractivity contribution in [3.05, 3.63) is 17.0 Å². The first-order chi connectivity index (χ1) is 7.07. The third-order valence-corrected chi connectivity index (χ3v) is 1.90. The first kappa shape index (κ1) is 11.3. The van der Waals surface area contributed by atoms with Gasteiger partial charge in [-0.25, -0.2) is 4.79 Å². The molecule has 0 radical (unpaired) electrons. The molecule has 0 aliphatic rings. The maximum Gasteiger partial charge on any atom is 0.344 e. The van der Waals surface area contributed by atoms with Gasteiger partial charge >= 0.3 is 5.97 Å². The van der Waals surface area contributed by atoms with Crippen LogP contribution in [-0.2, 0) is 4.74 Å². The summed E-state index contributed by atoms with van der Waals surface area (Å²) in [5, 5.41) is 3.74. The highest BCUT2D eigenvalue weighted by Crippen LogP contribution is 2.22. The Morgan fingerprint density at radius 3 is 2.87 bits per heavy atom. The zero-order valence-corrected chi connectivity index (χ0v) is 9.03. The Bertz CT molecular complexity index is 398. The van der Waals surface area contributed by atoms with Crippen LogP contribution >= 0.6 is 0 Å². The van der Waals surface area contributed by atoms with Crippen molar-refractivity contribution in [2.45, 2.75) is 26.7 Å². The van der Waals surface area contributed by atoms with Crippen LogP contribution in [-0.4, -0.2) is 17.7 Å². The molecule has 4 nitrogen and oxygen atoms in total. The van der Waals surface area contributed by atoms with Crippen LogP contribution in [0.3, 0.4) is 0 Å². The largest absolute Gasteiger partial charge is 0.449 e. The number of hydrogen-bond acceptors (Lipinski definition) is 4. The van der Waals surface area contributed by atoms with E-state index in [0.29, 0.717) is 17.0 Å². The van der Waals surface area contributed by atoms with E-state index in [4.69, 9.17) is 15.7 Å². The molecule has 0 aliphatic carbocycles. The van der Waals surface area contributed by atoms with Crippen molar-refractivity contribution in [1.29, 1.82) is 0 Å². The van der Waals surface area contributed by atoms with E-state index in [9.17, 15) is 4.79 Å². The normalized spacial score (nSPS) is 10.1. The fourth-order valence-corrected chi connectivity index (χ4v) is 1.21. The summed E-state index contributed by atoms with van der Waals surface area (Å²) in [4.78, 5) is 11.6. The predicted octanol–water partition coefficient (Wildman–Crippen LogP) is 1.90. The van der Waals surface area contributed by atoms with Gasteiger partial charge in [0.1, 0.15) is 5.56 Å². The molecule has 0 spiro atoms. The summed E-state index contributed by atoms with van der Waals surface area (Å²) in [5.74, 6) is 2.38. The lowest BCUT2D eigenvalue weighted by Gasteiger charge is -2.03. The van der Waals surface area contributed by atoms with Crippen LogP contribution in [0.2, 0.25) is 0 Å². The first-order valence-corrected chi connectivity index (χ1v) is 4.64. The number of aryl methyl sites for hydroxylation is 1. The summed E-state index contributed by atoms with van der Waals surface area (Å²) in [6.07, 6.45) is 5.00. The van der Waals surface area contributed by atoms with Crippen LogP contribution < -0.4 is 0 Å². The number of terminal acetylenes is 1. The van der Waals surface area contributed by atoms with Crippen molar-refractivity contribution < 1.29 is 14.1 Å². The molecule has 0 saturated heterocycles. The number of carbonyl (C=O) groups is 1. The molecule has 4 heteroatoms. The summed E-state index contributed by atoms with van der Waals surface area (Å²) in [6, 6.07) is 0. The van der Waals surface area contributed by atoms with Gasteiger partial charge in [0, 0.05) is 5.92 Å². The highest BCUT2D eigenvalue weighted by atomic mass is 16.5. The highest BCUT2D eigenvalue weighted by molar-refractivity contribution is 5.91. The SMILES string of the molecule is C#CCOC(=O)c1c(C)noc1C(C)C. The second-order valence-electron chi connectivity index (χ2n) is 3.44. The Kier molecular flexibility index (Phi) is 3.51. The topological polar surface area (TPSA) is 52.3 Å². The minimum absolute atomic E-state index is 0.0407. The van der Waals surface area contributed by atoms with E-state index in [1.807, 2.05) is 13.8 Å². The molecule has 1 aromatic rings. The van der Waals surface area contributed by atoms with Crippen molar-refractivity contribution in [2.75, 3.05) is 6.61 Å². The van der Waals surface area contributed by atoms with Gasteiger partial charge in [-0.05, 0) is 6.92 Å². The minimum atomic E-state index is -0.476. The molecule has 80 valence electrons. The maximum absolute atomic E-state index is 11.6. The number of rotatable bonds is 3. The molecule has 0 saturated carbocycles. The second kappa shape index (κ2) is 4.65. The van der Waals surface area contributed by atoms with Crippen LogP contribution in [0.4, 0.5) is 0 Å². The summed E-state index contributed by atoms with van der Waals surface area (Å²) in [7, 11) is 0. The van der Waals surface area contributed by atoms with E-state index in [-0.39, 0.29) is 12.5 Å². The van der Waals surface area contributed by atoms with Gasteiger partial charge in [-0.3, -0.25) is 0 Å². The molecule has 0 fully saturated rings. The molecule has 0 aliphatic heterocycles. The molecule has 0 unspecified atom stereocenters. The van der Waals surface area contributed by atoms with Gasteiger partial charge < -0.3 is 9.26 Å². The van der Waals surface area contributed by atoms with Crippen LogP contribution in [0.25, 0.3) is 0 Å². The summed E-state index contributed by atoms with van der Waals surface area (Å²) in [5.41, 5.74) is 0.918. The number of aromatic nitrogens is 1. The molecular formula is C11H13NO3. The number of esters is 1. The van der Waals surface area contributed by atoms with Gasteiger partial charge in [0.2, 0.25) is 0 Å². The number of hydrogen-bond donors (Lipinski definition) is 0. The van der Waals surface area contributed by atoms with E-state index in [0.717, 1.165) is 0 Å². The number of carbonyl (C=O) groups excluding carboxylic acids is 1. The van der Waals surface area contributed by atoms with Gasteiger partial charge in [0.25, 0.3) is 0 Å². The zero-order valence-electron chi connectivity index (χ0n) is 9.03. The fraction of sp³-hybridized carbons (Fsp3) is 0.455. The lowest BCUT2D eigenvalue weighted by molar-refractivity contribution is 0.0553. The predicted molar refractivity (Wildman–Crippen MR) is 54.4 cm³/mol. The van der Waals surface area contributed by atoms with E-state index in [2.05, 4.69) is 11.1 Å². The molecule has 1 rings (SSSR count). The molecule has 0 amide bonds.